The van der Waals surface area contributed by atoms with E-state index in [1.807, 2.05) is 4.57 Å². The zero-order valence-electron chi connectivity index (χ0n) is 21.3. The Labute approximate surface area is 224 Å². The van der Waals surface area contributed by atoms with E-state index in [0.717, 1.165) is 25.0 Å². The van der Waals surface area contributed by atoms with Crippen molar-refractivity contribution < 1.29 is 18.7 Å². The molecule has 5 N–H and O–H groups in total. The largest absolute Gasteiger partial charge is 0.392 e. The Balaban J connectivity index is 1.49. The number of hydrogen-bond donors (Lipinski definition) is 4. The number of nitrogens with zero attached hydrogens (tertiary/aromatic N) is 4. The lowest BCUT2D eigenvalue weighted by Crippen LogP contribution is -2.41. The Morgan fingerprint density at radius 1 is 1.16 bits per heavy atom. The Morgan fingerprint density at radius 3 is 2.47 bits per heavy atom. The first-order valence-corrected chi connectivity index (χ1v) is 13.3. The standard InChI is InChI=1S/C26H32ClF2N7O2/c1-26(2)8-7-15(11-20(26)37)32-24-31-12-19-23(35-24)36(16-5-3-13(4-6-16)22(30)38)25(33-19)34-21-17(28)9-14(27)10-18(21)29/h9-10,12-13,15-16,20,37H,3-8,11H2,1-2H3,(H2,30,38)(H,33,34)(H,31,32,35)/t13-,15-,16-,20-/m1/s1. The van der Waals surface area contributed by atoms with Crippen molar-refractivity contribution in [2.24, 2.45) is 17.1 Å². The molecule has 2 aliphatic rings. The van der Waals surface area contributed by atoms with Crippen LogP contribution in [0.5, 0.6) is 0 Å². The van der Waals surface area contributed by atoms with E-state index in [4.69, 9.17) is 22.3 Å². The van der Waals surface area contributed by atoms with Gasteiger partial charge in [-0.15, -0.1) is 0 Å². The quantitative estimate of drug-likeness (QED) is 0.339. The average molecular weight is 548 g/mol. The highest BCUT2D eigenvalue weighted by Gasteiger charge is 2.35. The molecular weight excluding hydrogens is 516 g/mol. The number of aliphatic hydroxyl groups excluding tert-OH is 1. The summed E-state index contributed by atoms with van der Waals surface area (Å²) < 4.78 is 31.1. The molecule has 0 saturated heterocycles. The molecule has 204 valence electrons. The molecule has 1 amide bonds. The highest BCUT2D eigenvalue weighted by molar-refractivity contribution is 6.30. The van der Waals surface area contributed by atoms with Crippen molar-refractivity contribution in [3.63, 3.8) is 0 Å². The van der Waals surface area contributed by atoms with E-state index in [2.05, 4.69) is 34.4 Å². The van der Waals surface area contributed by atoms with Gasteiger partial charge >= 0.3 is 0 Å². The number of aliphatic hydroxyl groups is 1. The zero-order valence-corrected chi connectivity index (χ0v) is 22.1. The second-order valence-electron chi connectivity index (χ2n) is 11.1. The molecule has 3 aromatic rings. The van der Waals surface area contributed by atoms with E-state index in [-0.39, 0.29) is 46.0 Å². The Hall–Kier alpha value is -3.05. The summed E-state index contributed by atoms with van der Waals surface area (Å²) in [5.41, 5.74) is 5.96. The van der Waals surface area contributed by atoms with Gasteiger partial charge in [0.1, 0.15) is 11.2 Å². The number of anilines is 3. The molecule has 2 atom stereocenters. The number of carbonyl (C=O) groups excluding carboxylic acids is 1. The lowest BCUT2D eigenvalue weighted by Gasteiger charge is -2.39. The van der Waals surface area contributed by atoms with Crippen LogP contribution in [0, 0.1) is 23.0 Å². The first-order valence-electron chi connectivity index (χ1n) is 12.9. The van der Waals surface area contributed by atoms with Gasteiger partial charge in [-0.2, -0.15) is 4.98 Å². The molecule has 2 fully saturated rings. The second-order valence-corrected chi connectivity index (χ2v) is 11.5. The summed E-state index contributed by atoms with van der Waals surface area (Å²) in [5, 5.41) is 16.6. The maximum Gasteiger partial charge on any atom is 0.224 e. The molecule has 0 radical (unpaired) electrons. The third kappa shape index (κ3) is 5.26. The molecule has 2 aromatic heterocycles. The van der Waals surface area contributed by atoms with Gasteiger partial charge in [0.25, 0.3) is 0 Å². The number of hydrogen-bond acceptors (Lipinski definition) is 7. The molecule has 9 nitrogen and oxygen atoms in total. The molecule has 0 bridgehead atoms. The monoisotopic (exact) mass is 547 g/mol. The van der Waals surface area contributed by atoms with Gasteiger partial charge in [0, 0.05) is 23.0 Å². The van der Waals surface area contributed by atoms with Crippen LogP contribution in [0.1, 0.15) is 64.8 Å². The molecule has 38 heavy (non-hydrogen) atoms. The number of nitrogens with two attached hydrogens (primary N) is 1. The fraction of sp³-hybridized carbons (Fsp3) is 0.538. The maximum absolute atomic E-state index is 14.6. The summed E-state index contributed by atoms with van der Waals surface area (Å²) >= 11 is 5.80. The van der Waals surface area contributed by atoms with Crippen molar-refractivity contribution in [3.05, 3.63) is 35.0 Å². The molecule has 5 rings (SSSR count). The fourth-order valence-electron chi connectivity index (χ4n) is 5.52. The smallest absolute Gasteiger partial charge is 0.224 e. The van der Waals surface area contributed by atoms with Crippen LogP contribution >= 0.6 is 11.6 Å². The highest BCUT2D eigenvalue weighted by atomic mass is 35.5. The minimum atomic E-state index is -0.849. The van der Waals surface area contributed by atoms with Crippen LogP contribution < -0.4 is 16.4 Å². The molecule has 0 unspecified atom stereocenters. The Morgan fingerprint density at radius 2 is 1.84 bits per heavy atom. The van der Waals surface area contributed by atoms with Gasteiger partial charge < -0.3 is 21.5 Å². The number of fused-ring (bicyclic) bond motifs is 1. The lowest BCUT2D eigenvalue weighted by atomic mass is 9.73. The molecular formula is C26H32ClF2N7O2. The molecule has 2 saturated carbocycles. The molecule has 1 aromatic carbocycles. The number of nitrogens with one attached hydrogen (secondary N) is 2. The van der Waals surface area contributed by atoms with Gasteiger partial charge in [-0.05, 0) is 62.5 Å². The van der Waals surface area contributed by atoms with Crippen LogP contribution in [0.4, 0.5) is 26.4 Å². The van der Waals surface area contributed by atoms with Gasteiger partial charge in [-0.1, -0.05) is 25.4 Å². The van der Waals surface area contributed by atoms with Crippen LogP contribution in [0.3, 0.4) is 0 Å². The summed E-state index contributed by atoms with van der Waals surface area (Å²) in [6.07, 6.45) is 5.86. The average Bonchev–Trinajstić information content (AvgIpc) is 3.21. The van der Waals surface area contributed by atoms with Gasteiger partial charge in [0.2, 0.25) is 17.8 Å². The number of amides is 1. The summed E-state index contributed by atoms with van der Waals surface area (Å²) in [4.78, 5) is 25.4. The van der Waals surface area contributed by atoms with E-state index < -0.39 is 17.7 Å². The summed E-state index contributed by atoms with van der Waals surface area (Å²) in [5.74, 6) is -1.64. The maximum atomic E-state index is 14.6. The zero-order chi connectivity index (χ0) is 27.2. The lowest BCUT2D eigenvalue weighted by molar-refractivity contribution is -0.122. The predicted molar refractivity (Wildman–Crippen MR) is 141 cm³/mol. The van der Waals surface area contributed by atoms with Crippen LogP contribution in [0.25, 0.3) is 11.2 Å². The number of primary amides is 1. The highest BCUT2D eigenvalue weighted by Crippen LogP contribution is 2.39. The van der Waals surface area contributed by atoms with Gasteiger partial charge in [0.15, 0.2) is 17.3 Å². The minimum Gasteiger partial charge on any atom is -0.392 e. The third-order valence-corrected chi connectivity index (χ3v) is 8.24. The number of aromatic nitrogens is 4. The number of rotatable bonds is 6. The Bertz CT molecular complexity index is 1330. The van der Waals surface area contributed by atoms with E-state index in [1.165, 1.54) is 0 Å². The van der Waals surface area contributed by atoms with Gasteiger partial charge in [-0.25, -0.2) is 18.7 Å². The van der Waals surface area contributed by atoms with E-state index in [0.29, 0.717) is 49.2 Å². The van der Waals surface area contributed by atoms with Gasteiger partial charge in [0.05, 0.1) is 12.3 Å². The topological polar surface area (TPSA) is 131 Å². The molecule has 2 aliphatic carbocycles. The van der Waals surface area contributed by atoms with Crippen molar-refractivity contribution in [2.75, 3.05) is 10.6 Å². The van der Waals surface area contributed by atoms with E-state index >= 15 is 0 Å². The van der Waals surface area contributed by atoms with Crippen molar-refractivity contribution in [1.29, 1.82) is 0 Å². The molecule has 0 spiro atoms. The van der Waals surface area contributed by atoms with Crippen molar-refractivity contribution in [2.45, 2.75) is 77.0 Å². The minimum absolute atomic E-state index is 0.00714. The number of imidazole rings is 1. The second kappa shape index (κ2) is 10.3. The molecule has 12 heteroatoms. The SMILES string of the molecule is CC1(C)CC[C@@H](Nc2ncc3nc(Nc4c(F)cc(Cl)cc4F)n([C@H]4CC[C@H](C(N)=O)CC4)c3n2)C[C@H]1O. The normalized spacial score (nSPS) is 25.3. The first kappa shape index (κ1) is 26.6. The summed E-state index contributed by atoms with van der Waals surface area (Å²) in [6.45, 7) is 4.12. The summed E-state index contributed by atoms with van der Waals surface area (Å²) in [7, 11) is 0. The third-order valence-electron chi connectivity index (χ3n) is 8.02. The molecule has 2 heterocycles. The number of halogens is 3. The van der Waals surface area contributed by atoms with Crippen LogP contribution in [-0.2, 0) is 4.79 Å². The first-order chi connectivity index (χ1) is 18.0. The fourth-order valence-corrected chi connectivity index (χ4v) is 5.71. The van der Waals surface area contributed by atoms with E-state index in [1.54, 1.807) is 6.20 Å². The van der Waals surface area contributed by atoms with Gasteiger partial charge in [-0.3, -0.25) is 9.36 Å². The number of benzene rings is 1. The van der Waals surface area contributed by atoms with Crippen LogP contribution in [0.2, 0.25) is 5.02 Å². The number of carbonyl (C=O) groups is 1. The van der Waals surface area contributed by atoms with Crippen LogP contribution in [-0.4, -0.2) is 42.7 Å². The van der Waals surface area contributed by atoms with E-state index in [9.17, 15) is 18.7 Å². The Kier molecular flexibility index (Phi) is 7.17. The predicted octanol–water partition coefficient (Wildman–Crippen LogP) is 5.07. The van der Waals surface area contributed by atoms with Crippen molar-refractivity contribution >= 4 is 46.3 Å². The summed E-state index contributed by atoms with van der Waals surface area (Å²) in [6, 6.07) is 1.93. The molecule has 0 aliphatic heterocycles. The van der Waals surface area contributed by atoms with Crippen molar-refractivity contribution in [1.82, 2.24) is 19.5 Å². The van der Waals surface area contributed by atoms with Crippen LogP contribution in [0.15, 0.2) is 18.3 Å². The van der Waals surface area contributed by atoms with Crippen molar-refractivity contribution in [3.8, 4) is 0 Å².